The predicted octanol–water partition coefficient (Wildman–Crippen LogP) is 2.22. The van der Waals surface area contributed by atoms with E-state index in [0.29, 0.717) is 5.65 Å². The highest BCUT2D eigenvalue weighted by Crippen LogP contribution is 2.24. The van der Waals surface area contributed by atoms with Gasteiger partial charge in [-0.2, -0.15) is 0 Å². The normalized spacial score (nSPS) is 11.1. The van der Waals surface area contributed by atoms with E-state index in [-0.39, 0.29) is 26.7 Å². The molecule has 0 aliphatic carbocycles. The Morgan fingerprint density at radius 3 is 2.44 bits per heavy atom. The Morgan fingerprint density at radius 1 is 0.912 bits per heavy atom. The van der Waals surface area contributed by atoms with Gasteiger partial charge in [0.1, 0.15) is 11.2 Å². The summed E-state index contributed by atoms with van der Waals surface area (Å²) in [5, 5.41) is 0.210. The molecule has 3 N–H and O–H groups in total. The fraction of sp³-hybridized carbons (Fsp3) is 0. The third-order valence-electron chi connectivity index (χ3n) is 4.67. The molecule has 0 bridgehead atoms. The van der Waals surface area contributed by atoms with Crippen LogP contribution in [-0.4, -0.2) is 29.6 Å². The number of halogens is 1. The number of carbonyl (C=O) groups is 2. The lowest BCUT2D eigenvalue weighted by Gasteiger charge is -2.11. The minimum Gasteiger partial charge on any atom is -0.278 e. The van der Waals surface area contributed by atoms with Gasteiger partial charge in [-0.15, -0.1) is 0 Å². The first-order chi connectivity index (χ1) is 16.3. The molecule has 10 nitrogen and oxygen atoms in total. The third-order valence-corrected chi connectivity index (χ3v) is 6.37. The van der Waals surface area contributed by atoms with Crippen LogP contribution in [0.25, 0.3) is 5.65 Å². The quantitative estimate of drug-likeness (QED) is 0.361. The summed E-state index contributed by atoms with van der Waals surface area (Å²) >= 11 is 6.00. The van der Waals surface area contributed by atoms with Gasteiger partial charge in [-0.25, -0.2) is 13.4 Å². The van der Waals surface area contributed by atoms with Crippen molar-refractivity contribution < 1.29 is 18.0 Å². The lowest BCUT2D eigenvalue weighted by atomic mass is 10.2. The Morgan fingerprint density at radius 2 is 1.65 bits per heavy atom. The van der Waals surface area contributed by atoms with Crippen LogP contribution in [0.15, 0.2) is 88.8 Å². The van der Waals surface area contributed by atoms with Gasteiger partial charge in [0, 0.05) is 18.0 Å². The van der Waals surface area contributed by atoms with E-state index >= 15 is 0 Å². The molecule has 172 valence electrons. The maximum atomic E-state index is 12.7. The van der Waals surface area contributed by atoms with Crippen molar-refractivity contribution in [2.45, 2.75) is 4.90 Å². The zero-order valence-corrected chi connectivity index (χ0v) is 18.8. The van der Waals surface area contributed by atoms with Crippen LogP contribution in [0, 0.1) is 0 Å². The average Bonchev–Trinajstić information content (AvgIpc) is 2.84. The molecule has 0 aliphatic heterocycles. The highest BCUT2D eigenvalue weighted by atomic mass is 35.5. The SMILES string of the molecule is O=C(NNC(=O)c1cnc2ccccn2c1=O)c1cccc(S(=O)(=O)Nc2ccccc2Cl)c1. The number of para-hydroxylation sites is 1. The molecule has 0 atom stereocenters. The number of hydrogen-bond donors (Lipinski definition) is 3. The standard InChI is InChI=1S/C22H16ClN5O5S/c23-17-8-1-2-9-18(17)27-34(32,33)15-7-5-6-14(12-15)20(29)25-26-21(30)16-13-24-19-10-3-4-11-28(19)22(16)31/h1-13,27H,(H,25,29)(H,26,30). The van der Waals surface area contributed by atoms with Gasteiger partial charge < -0.3 is 0 Å². The Hall–Kier alpha value is -4.22. The maximum Gasteiger partial charge on any atom is 0.276 e. The van der Waals surface area contributed by atoms with Gasteiger partial charge in [-0.05, 0) is 42.5 Å². The number of benzene rings is 2. The summed E-state index contributed by atoms with van der Waals surface area (Å²) in [4.78, 5) is 41.2. The third kappa shape index (κ3) is 4.75. The first-order valence-electron chi connectivity index (χ1n) is 9.71. The molecule has 2 aromatic heterocycles. The number of hydrogen-bond acceptors (Lipinski definition) is 6. The van der Waals surface area contributed by atoms with E-state index in [4.69, 9.17) is 11.6 Å². The molecule has 0 spiro atoms. The number of rotatable bonds is 5. The molecule has 12 heteroatoms. The number of sulfonamides is 1. The summed E-state index contributed by atoms with van der Waals surface area (Å²) in [7, 11) is -4.05. The number of pyridine rings is 1. The minimum atomic E-state index is -4.05. The van der Waals surface area contributed by atoms with E-state index in [2.05, 4.69) is 20.6 Å². The molecular formula is C22H16ClN5O5S. The summed E-state index contributed by atoms with van der Waals surface area (Å²) in [5.41, 5.74) is 3.88. The largest absolute Gasteiger partial charge is 0.278 e. The molecule has 2 heterocycles. The van der Waals surface area contributed by atoms with Gasteiger partial charge in [0.25, 0.3) is 27.4 Å². The number of fused-ring (bicyclic) bond motifs is 1. The maximum absolute atomic E-state index is 12.7. The van der Waals surface area contributed by atoms with Crippen molar-refractivity contribution >= 4 is 44.8 Å². The Balaban J connectivity index is 1.49. The first-order valence-corrected chi connectivity index (χ1v) is 11.6. The van der Waals surface area contributed by atoms with Crippen LogP contribution in [-0.2, 0) is 10.0 Å². The van der Waals surface area contributed by atoms with E-state index < -0.39 is 27.4 Å². The molecule has 0 unspecified atom stereocenters. The fourth-order valence-electron chi connectivity index (χ4n) is 2.99. The fourth-order valence-corrected chi connectivity index (χ4v) is 4.35. The van der Waals surface area contributed by atoms with Crippen LogP contribution in [0.3, 0.4) is 0 Å². The molecule has 0 saturated heterocycles. The lowest BCUT2D eigenvalue weighted by Crippen LogP contribution is -2.43. The number of carbonyl (C=O) groups excluding carboxylic acids is 2. The van der Waals surface area contributed by atoms with Gasteiger partial charge >= 0.3 is 0 Å². The van der Waals surface area contributed by atoms with Crippen LogP contribution < -0.4 is 21.1 Å². The summed E-state index contributed by atoms with van der Waals surface area (Å²) in [6.45, 7) is 0. The molecule has 0 radical (unpaired) electrons. The van der Waals surface area contributed by atoms with Crippen LogP contribution in [0.5, 0.6) is 0 Å². The highest BCUT2D eigenvalue weighted by molar-refractivity contribution is 7.92. The van der Waals surface area contributed by atoms with E-state index in [1.54, 1.807) is 30.3 Å². The molecule has 2 amide bonds. The van der Waals surface area contributed by atoms with Crippen molar-refractivity contribution in [1.29, 1.82) is 0 Å². The summed E-state index contributed by atoms with van der Waals surface area (Å²) in [5.74, 6) is -1.68. The zero-order chi connectivity index (χ0) is 24.3. The zero-order valence-electron chi connectivity index (χ0n) is 17.2. The van der Waals surface area contributed by atoms with Crippen molar-refractivity contribution in [2.24, 2.45) is 0 Å². The van der Waals surface area contributed by atoms with Crippen molar-refractivity contribution in [1.82, 2.24) is 20.2 Å². The summed E-state index contributed by atoms with van der Waals surface area (Å²) < 4.78 is 29.0. The van der Waals surface area contributed by atoms with Crippen molar-refractivity contribution in [3.8, 4) is 0 Å². The van der Waals surface area contributed by atoms with Gasteiger partial charge in [-0.1, -0.05) is 35.9 Å². The monoisotopic (exact) mass is 497 g/mol. The topological polar surface area (TPSA) is 139 Å². The molecule has 0 fully saturated rings. The van der Waals surface area contributed by atoms with Crippen LogP contribution in [0.4, 0.5) is 5.69 Å². The van der Waals surface area contributed by atoms with Crippen LogP contribution in [0.2, 0.25) is 5.02 Å². The molecule has 2 aromatic carbocycles. The van der Waals surface area contributed by atoms with Crippen molar-refractivity contribution in [3.05, 3.63) is 106 Å². The number of amides is 2. The van der Waals surface area contributed by atoms with E-state index in [0.717, 1.165) is 12.3 Å². The van der Waals surface area contributed by atoms with Crippen molar-refractivity contribution in [2.75, 3.05) is 4.72 Å². The second-order valence-electron chi connectivity index (χ2n) is 6.93. The predicted molar refractivity (Wildman–Crippen MR) is 125 cm³/mol. The molecule has 4 rings (SSSR count). The Labute approximate surface area is 198 Å². The van der Waals surface area contributed by atoms with Gasteiger partial charge in [0.2, 0.25) is 0 Å². The number of anilines is 1. The highest BCUT2D eigenvalue weighted by Gasteiger charge is 2.19. The molecule has 34 heavy (non-hydrogen) atoms. The molecule has 0 aliphatic rings. The smallest absolute Gasteiger partial charge is 0.276 e. The summed E-state index contributed by atoms with van der Waals surface area (Å²) in [6, 6.07) is 16.4. The Bertz CT molecular complexity index is 1590. The Kier molecular flexibility index (Phi) is 6.30. The van der Waals surface area contributed by atoms with E-state index in [9.17, 15) is 22.8 Å². The molecular weight excluding hydrogens is 482 g/mol. The first kappa shape index (κ1) is 23.0. The van der Waals surface area contributed by atoms with Gasteiger partial charge in [-0.3, -0.25) is 34.4 Å². The lowest BCUT2D eigenvalue weighted by molar-refractivity contribution is 0.0845. The summed E-state index contributed by atoms with van der Waals surface area (Å²) in [6.07, 6.45) is 2.56. The number of nitrogens with zero attached hydrogens (tertiary/aromatic N) is 2. The van der Waals surface area contributed by atoms with Gasteiger partial charge in [0.05, 0.1) is 15.6 Å². The second-order valence-corrected chi connectivity index (χ2v) is 9.02. The molecule has 4 aromatic rings. The second kappa shape index (κ2) is 9.33. The number of nitrogens with one attached hydrogen (secondary N) is 3. The van der Waals surface area contributed by atoms with E-state index in [1.165, 1.54) is 40.9 Å². The number of aromatic nitrogens is 2. The van der Waals surface area contributed by atoms with Crippen LogP contribution in [0.1, 0.15) is 20.7 Å². The van der Waals surface area contributed by atoms with E-state index in [1.807, 2.05) is 0 Å². The number of hydrazine groups is 1. The van der Waals surface area contributed by atoms with Crippen LogP contribution >= 0.6 is 11.6 Å². The van der Waals surface area contributed by atoms with Gasteiger partial charge in [0.15, 0.2) is 0 Å². The minimum absolute atomic E-state index is 0.0457. The average molecular weight is 498 g/mol. The molecule has 0 saturated carbocycles. The van der Waals surface area contributed by atoms with Crippen molar-refractivity contribution in [3.63, 3.8) is 0 Å².